The summed E-state index contributed by atoms with van der Waals surface area (Å²) < 4.78 is 11.9. The minimum Gasteiger partial charge on any atom is -0.465 e. The van der Waals surface area contributed by atoms with Gasteiger partial charge in [0.1, 0.15) is 5.75 Å². The van der Waals surface area contributed by atoms with Crippen LogP contribution in [0.5, 0.6) is 5.75 Å². The first-order chi connectivity index (χ1) is 11.8. The van der Waals surface area contributed by atoms with E-state index in [-0.39, 0.29) is 11.7 Å². The Kier molecular flexibility index (Phi) is 7.37. The van der Waals surface area contributed by atoms with E-state index in [1.807, 2.05) is 6.92 Å². The Hall–Kier alpha value is -1.02. The van der Waals surface area contributed by atoms with Gasteiger partial charge >= 0.3 is 0 Å². The van der Waals surface area contributed by atoms with Crippen molar-refractivity contribution in [2.75, 3.05) is 6.61 Å². The molecule has 0 aromatic heterocycles. The highest BCUT2D eigenvalue weighted by Gasteiger charge is 2.22. The van der Waals surface area contributed by atoms with Crippen LogP contribution in [-0.2, 0) is 4.74 Å². The predicted molar refractivity (Wildman–Crippen MR) is 106 cm³/mol. The molecule has 1 aromatic rings. The van der Waals surface area contributed by atoms with Crippen LogP contribution in [0.15, 0.2) is 18.2 Å². The van der Waals surface area contributed by atoms with Crippen LogP contribution in [0, 0.1) is 18.3 Å². The van der Waals surface area contributed by atoms with E-state index in [1.54, 1.807) is 0 Å². The zero-order valence-corrected chi connectivity index (χ0v) is 17.2. The maximum Gasteiger partial charge on any atom is 0.196 e. The molecule has 2 atom stereocenters. The highest BCUT2D eigenvalue weighted by Crippen LogP contribution is 2.36. The molecule has 1 aromatic carbocycles. The zero-order valence-electron chi connectivity index (χ0n) is 17.2. The van der Waals surface area contributed by atoms with Gasteiger partial charge in [-0.1, -0.05) is 71.9 Å². The van der Waals surface area contributed by atoms with Crippen LogP contribution >= 0.6 is 0 Å². The molecule has 1 aliphatic rings. The van der Waals surface area contributed by atoms with E-state index in [1.165, 1.54) is 49.7 Å². The molecule has 1 aliphatic carbocycles. The fraction of sp³-hybridized carbons (Fsp3) is 0.739. The molecule has 2 rings (SSSR count). The summed E-state index contributed by atoms with van der Waals surface area (Å²) in [5, 5.41) is 0. The van der Waals surface area contributed by atoms with Crippen LogP contribution in [-0.4, -0.2) is 12.9 Å². The van der Waals surface area contributed by atoms with E-state index < -0.39 is 0 Å². The Morgan fingerprint density at radius 3 is 2.36 bits per heavy atom. The lowest BCUT2D eigenvalue weighted by Crippen LogP contribution is -2.20. The van der Waals surface area contributed by atoms with Crippen LogP contribution in [0.25, 0.3) is 0 Å². The first-order valence-corrected chi connectivity index (χ1v) is 10.2. The molecule has 142 valence electrons. The number of benzene rings is 1. The van der Waals surface area contributed by atoms with Crippen molar-refractivity contribution in [3.63, 3.8) is 0 Å². The van der Waals surface area contributed by atoms with Gasteiger partial charge in [0.05, 0.1) is 6.61 Å². The third-order valence-electron chi connectivity index (χ3n) is 5.89. The molecule has 2 nitrogen and oxygen atoms in total. The SMILES string of the molecule is Cc1cc(C(C)C(C)(C)C)ccc1OC(C)OCCC1CCCCC1. The summed E-state index contributed by atoms with van der Waals surface area (Å²) in [5.41, 5.74) is 2.84. The largest absolute Gasteiger partial charge is 0.465 e. The van der Waals surface area contributed by atoms with Gasteiger partial charge in [0.2, 0.25) is 0 Å². The number of hydrogen-bond acceptors (Lipinski definition) is 2. The summed E-state index contributed by atoms with van der Waals surface area (Å²) in [5.74, 6) is 2.32. The summed E-state index contributed by atoms with van der Waals surface area (Å²) in [6.45, 7) is 14.1. The first kappa shape index (κ1) is 20.3. The van der Waals surface area contributed by atoms with E-state index >= 15 is 0 Å². The molecule has 0 heterocycles. The molecule has 0 amide bonds. The van der Waals surface area contributed by atoms with Crippen molar-refractivity contribution in [1.29, 1.82) is 0 Å². The second kappa shape index (κ2) is 9.07. The fourth-order valence-corrected chi connectivity index (χ4v) is 3.66. The second-order valence-electron chi connectivity index (χ2n) is 8.96. The van der Waals surface area contributed by atoms with E-state index in [2.05, 4.69) is 52.8 Å². The summed E-state index contributed by atoms with van der Waals surface area (Å²) in [6, 6.07) is 6.57. The van der Waals surface area contributed by atoms with Crippen molar-refractivity contribution in [3.8, 4) is 5.75 Å². The van der Waals surface area contributed by atoms with Gasteiger partial charge < -0.3 is 9.47 Å². The van der Waals surface area contributed by atoms with Crippen LogP contribution in [0.1, 0.15) is 90.2 Å². The number of hydrogen-bond donors (Lipinski definition) is 0. The summed E-state index contributed by atoms with van der Waals surface area (Å²) >= 11 is 0. The third-order valence-corrected chi connectivity index (χ3v) is 5.89. The van der Waals surface area contributed by atoms with Gasteiger partial charge in [-0.3, -0.25) is 0 Å². The van der Waals surface area contributed by atoms with E-state index in [0.717, 1.165) is 18.3 Å². The Morgan fingerprint density at radius 1 is 1.08 bits per heavy atom. The van der Waals surface area contributed by atoms with Crippen molar-refractivity contribution in [2.24, 2.45) is 11.3 Å². The maximum atomic E-state index is 6.03. The van der Waals surface area contributed by atoms with Gasteiger partial charge in [-0.25, -0.2) is 0 Å². The second-order valence-corrected chi connectivity index (χ2v) is 8.96. The lowest BCUT2D eigenvalue weighted by atomic mass is 9.77. The topological polar surface area (TPSA) is 18.5 Å². The zero-order chi connectivity index (χ0) is 18.4. The van der Waals surface area contributed by atoms with E-state index in [0.29, 0.717) is 5.92 Å². The molecule has 1 saturated carbocycles. The molecule has 0 N–H and O–H groups in total. The van der Waals surface area contributed by atoms with E-state index in [4.69, 9.17) is 9.47 Å². The quantitative estimate of drug-likeness (QED) is 0.502. The molecule has 2 unspecified atom stereocenters. The number of ether oxygens (including phenoxy) is 2. The monoisotopic (exact) mass is 346 g/mol. The highest BCUT2D eigenvalue weighted by molar-refractivity contribution is 5.38. The Morgan fingerprint density at radius 2 is 1.76 bits per heavy atom. The standard InChI is InChI=1S/C23H38O2/c1-17-16-21(18(2)23(4,5)6)12-13-22(17)25-19(3)24-15-14-20-10-8-7-9-11-20/h12-13,16,18-20H,7-11,14-15H2,1-6H3. The van der Waals surface area contributed by atoms with Gasteiger partial charge in [0, 0.05) is 0 Å². The average Bonchev–Trinajstić information content (AvgIpc) is 2.56. The van der Waals surface area contributed by atoms with Gasteiger partial charge in [-0.15, -0.1) is 0 Å². The molecule has 0 radical (unpaired) electrons. The minimum absolute atomic E-state index is 0.187. The van der Waals surface area contributed by atoms with Crippen molar-refractivity contribution in [1.82, 2.24) is 0 Å². The summed E-state index contributed by atoms with van der Waals surface area (Å²) in [6.07, 6.45) is 7.96. The molecule has 25 heavy (non-hydrogen) atoms. The molecule has 1 fully saturated rings. The van der Waals surface area contributed by atoms with Gasteiger partial charge in [0.25, 0.3) is 0 Å². The van der Waals surface area contributed by atoms with Crippen molar-refractivity contribution in [3.05, 3.63) is 29.3 Å². The summed E-state index contributed by atoms with van der Waals surface area (Å²) in [7, 11) is 0. The number of rotatable bonds is 7. The molecule has 0 aliphatic heterocycles. The van der Waals surface area contributed by atoms with Crippen molar-refractivity contribution in [2.45, 2.75) is 92.3 Å². The van der Waals surface area contributed by atoms with Gasteiger partial charge in [-0.05, 0) is 54.7 Å². The van der Waals surface area contributed by atoms with Gasteiger partial charge in [0.15, 0.2) is 6.29 Å². The molecule has 0 bridgehead atoms. The lowest BCUT2D eigenvalue weighted by molar-refractivity contribution is -0.0714. The third kappa shape index (κ3) is 6.33. The van der Waals surface area contributed by atoms with Crippen molar-refractivity contribution < 1.29 is 9.47 Å². The van der Waals surface area contributed by atoms with Crippen LogP contribution in [0.2, 0.25) is 0 Å². The minimum atomic E-state index is -0.187. The summed E-state index contributed by atoms with van der Waals surface area (Å²) in [4.78, 5) is 0. The smallest absolute Gasteiger partial charge is 0.196 e. The molecule has 0 spiro atoms. The van der Waals surface area contributed by atoms with Crippen LogP contribution in [0.3, 0.4) is 0 Å². The normalized spacial score (nSPS) is 18.8. The highest BCUT2D eigenvalue weighted by atomic mass is 16.7. The van der Waals surface area contributed by atoms with Crippen LogP contribution < -0.4 is 4.74 Å². The van der Waals surface area contributed by atoms with E-state index in [9.17, 15) is 0 Å². The fourth-order valence-electron chi connectivity index (χ4n) is 3.66. The molecular formula is C23H38O2. The average molecular weight is 347 g/mol. The Bertz CT molecular complexity index is 523. The lowest BCUT2D eigenvalue weighted by Gasteiger charge is -2.28. The molecular weight excluding hydrogens is 308 g/mol. The van der Waals surface area contributed by atoms with Crippen molar-refractivity contribution >= 4 is 0 Å². The Balaban J connectivity index is 1.82. The predicted octanol–water partition coefficient (Wildman–Crippen LogP) is 6.86. The first-order valence-electron chi connectivity index (χ1n) is 10.2. The van der Waals surface area contributed by atoms with Crippen LogP contribution in [0.4, 0.5) is 0 Å². The number of aryl methyl sites for hydroxylation is 1. The molecule has 0 saturated heterocycles. The maximum absolute atomic E-state index is 6.03. The van der Waals surface area contributed by atoms with Gasteiger partial charge in [-0.2, -0.15) is 0 Å². The Labute approximate surface area is 155 Å². The molecule has 2 heteroatoms.